The zero-order chi connectivity index (χ0) is 14.8. The lowest BCUT2D eigenvalue weighted by molar-refractivity contribution is 0.415. The minimum Gasteiger partial charge on any atom is -0.497 e. The van der Waals surface area contributed by atoms with Crippen LogP contribution in [0.3, 0.4) is 0 Å². The SMILES string of the molecule is COc1ccc(Br)c(NS(=O)(=O)c2ccsc2CN)c1. The van der Waals surface area contributed by atoms with Crippen molar-refractivity contribution in [3.8, 4) is 5.75 Å². The van der Waals surface area contributed by atoms with Gasteiger partial charge >= 0.3 is 0 Å². The van der Waals surface area contributed by atoms with E-state index in [2.05, 4.69) is 20.7 Å². The molecule has 20 heavy (non-hydrogen) atoms. The van der Waals surface area contributed by atoms with E-state index in [1.165, 1.54) is 18.4 Å². The Bertz CT molecular complexity index is 713. The van der Waals surface area contributed by atoms with Crippen molar-refractivity contribution >= 4 is 43.0 Å². The molecule has 0 aliphatic rings. The fraction of sp³-hybridized carbons (Fsp3) is 0.167. The van der Waals surface area contributed by atoms with E-state index >= 15 is 0 Å². The van der Waals surface area contributed by atoms with Crippen LogP contribution in [0.4, 0.5) is 5.69 Å². The Labute approximate surface area is 129 Å². The minimum atomic E-state index is -3.67. The molecule has 1 aromatic heterocycles. The Kier molecular flexibility index (Phi) is 4.69. The van der Waals surface area contributed by atoms with Crippen LogP contribution in [0, 0.1) is 0 Å². The van der Waals surface area contributed by atoms with E-state index in [1.54, 1.807) is 29.6 Å². The molecule has 108 valence electrons. The quantitative estimate of drug-likeness (QED) is 0.840. The largest absolute Gasteiger partial charge is 0.497 e. The fourth-order valence-electron chi connectivity index (χ4n) is 1.63. The molecule has 8 heteroatoms. The third kappa shape index (κ3) is 3.14. The molecule has 0 atom stereocenters. The first kappa shape index (κ1) is 15.3. The Morgan fingerprint density at radius 3 is 2.80 bits per heavy atom. The minimum absolute atomic E-state index is 0.188. The van der Waals surface area contributed by atoms with Gasteiger partial charge in [0, 0.05) is 22.0 Å². The van der Waals surface area contributed by atoms with Gasteiger partial charge in [0.2, 0.25) is 0 Å². The van der Waals surface area contributed by atoms with Gasteiger partial charge in [0.05, 0.1) is 12.8 Å². The van der Waals surface area contributed by atoms with Gasteiger partial charge in [-0.05, 0) is 39.5 Å². The highest BCUT2D eigenvalue weighted by molar-refractivity contribution is 9.10. The van der Waals surface area contributed by atoms with Crippen LogP contribution in [0.1, 0.15) is 4.88 Å². The van der Waals surface area contributed by atoms with Crippen molar-refractivity contribution in [3.05, 3.63) is 39.0 Å². The van der Waals surface area contributed by atoms with Gasteiger partial charge in [0.15, 0.2) is 0 Å². The van der Waals surface area contributed by atoms with Crippen LogP contribution in [0.5, 0.6) is 5.75 Å². The van der Waals surface area contributed by atoms with Crippen LogP contribution in [-0.2, 0) is 16.6 Å². The number of halogens is 1. The molecule has 2 aromatic rings. The van der Waals surface area contributed by atoms with Gasteiger partial charge in [-0.3, -0.25) is 4.72 Å². The maximum absolute atomic E-state index is 12.4. The lowest BCUT2D eigenvalue weighted by Gasteiger charge is -2.11. The van der Waals surface area contributed by atoms with Crippen molar-refractivity contribution in [2.24, 2.45) is 5.73 Å². The summed E-state index contributed by atoms with van der Waals surface area (Å²) in [6.45, 7) is 0.188. The molecule has 0 amide bonds. The number of nitrogens with one attached hydrogen (secondary N) is 1. The molecule has 0 bridgehead atoms. The molecular formula is C12H13BrN2O3S2. The topological polar surface area (TPSA) is 81.4 Å². The molecule has 1 heterocycles. The Morgan fingerprint density at radius 1 is 1.40 bits per heavy atom. The van der Waals surface area contributed by atoms with E-state index in [-0.39, 0.29) is 11.4 Å². The molecule has 0 unspecified atom stereocenters. The summed E-state index contributed by atoms with van der Waals surface area (Å²) in [6.07, 6.45) is 0. The highest BCUT2D eigenvalue weighted by Gasteiger charge is 2.20. The predicted molar refractivity (Wildman–Crippen MR) is 83.7 cm³/mol. The second-order valence-electron chi connectivity index (χ2n) is 3.86. The summed E-state index contributed by atoms with van der Waals surface area (Å²) in [5.41, 5.74) is 5.96. The number of hydrogen-bond donors (Lipinski definition) is 2. The second kappa shape index (κ2) is 6.13. The summed E-state index contributed by atoms with van der Waals surface area (Å²) >= 11 is 4.62. The molecule has 0 fully saturated rings. The number of sulfonamides is 1. The molecule has 3 N–H and O–H groups in total. The molecular weight excluding hydrogens is 364 g/mol. The van der Waals surface area contributed by atoms with Gasteiger partial charge < -0.3 is 10.5 Å². The van der Waals surface area contributed by atoms with Crippen molar-refractivity contribution in [1.29, 1.82) is 0 Å². The molecule has 0 aliphatic carbocycles. The van der Waals surface area contributed by atoms with Crippen molar-refractivity contribution in [2.45, 2.75) is 11.4 Å². The van der Waals surface area contributed by atoms with Gasteiger partial charge in [-0.15, -0.1) is 11.3 Å². The first-order valence-corrected chi connectivity index (χ1v) is 8.76. The summed E-state index contributed by atoms with van der Waals surface area (Å²) in [5, 5.41) is 1.71. The van der Waals surface area contributed by atoms with E-state index in [4.69, 9.17) is 10.5 Å². The maximum Gasteiger partial charge on any atom is 0.263 e. The summed E-state index contributed by atoms with van der Waals surface area (Å²) < 4.78 is 33.0. The van der Waals surface area contributed by atoms with E-state index in [0.717, 1.165) is 0 Å². The smallest absolute Gasteiger partial charge is 0.263 e. The first-order chi connectivity index (χ1) is 9.47. The zero-order valence-corrected chi connectivity index (χ0v) is 13.8. The number of anilines is 1. The van der Waals surface area contributed by atoms with Crippen LogP contribution < -0.4 is 15.2 Å². The summed E-state index contributed by atoms with van der Waals surface area (Å²) in [7, 11) is -2.14. The average molecular weight is 377 g/mol. The van der Waals surface area contributed by atoms with Gasteiger partial charge in [-0.1, -0.05) is 0 Å². The number of hydrogen-bond acceptors (Lipinski definition) is 5. The lowest BCUT2D eigenvalue weighted by atomic mass is 10.3. The molecule has 0 saturated heterocycles. The van der Waals surface area contributed by atoms with E-state index in [1.807, 2.05) is 0 Å². The summed E-state index contributed by atoms with van der Waals surface area (Å²) in [6, 6.07) is 6.60. The van der Waals surface area contributed by atoms with Crippen molar-refractivity contribution in [1.82, 2.24) is 0 Å². The van der Waals surface area contributed by atoms with Crippen LogP contribution >= 0.6 is 27.3 Å². The van der Waals surface area contributed by atoms with Crippen molar-refractivity contribution in [3.63, 3.8) is 0 Å². The number of benzene rings is 1. The van der Waals surface area contributed by atoms with Gasteiger partial charge in [-0.25, -0.2) is 8.42 Å². The fourth-order valence-corrected chi connectivity index (χ4v) is 4.51. The lowest BCUT2D eigenvalue weighted by Crippen LogP contribution is -2.15. The van der Waals surface area contributed by atoms with E-state index in [9.17, 15) is 8.42 Å². The van der Waals surface area contributed by atoms with E-state index in [0.29, 0.717) is 20.8 Å². The van der Waals surface area contributed by atoms with Crippen LogP contribution in [0.2, 0.25) is 0 Å². The number of ether oxygens (including phenoxy) is 1. The van der Waals surface area contributed by atoms with Gasteiger partial charge in [0.1, 0.15) is 10.6 Å². The summed E-state index contributed by atoms with van der Waals surface area (Å²) in [4.78, 5) is 0.830. The third-order valence-electron chi connectivity index (χ3n) is 2.60. The van der Waals surface area contributed by atoms with Crippen molar-refractivity contribution in [2.75, 3.05) is 11.8 Å². The molecule has 1 aromatic carbocycles. The molecule has 0 saturated carbocycles. The molecule has 5 nitrogen and oxygen atoms in total. The first-order valence-electron chi connectivity index (χ1n) is 5.60. The number of rotatable bonds is 5. The standard InChI is InChI=1S/C12H13BrN2O3S2/c1-18-8-2-3-9(13)10(6-8)15-20(16,17)12-4-5-19-11(12)7-14/h2-6,15H,7,14H2,1H3. The average Bonchev–Trinajstić information content (AvgIpc) is 2.90. The van der Waals surface area contributed by atoms with Crippen molar-refractivity contribution < 1.29 is 13.2 Å². The highest BCUT2D eigenvalue weighted by atomic mass is 79.9. The van der Waals surface area contributed by atoms with Gasteiger partial charge in [0.25, 0.3) is 10.0 Å². The monoisotopic (exact) mass is 376 g/mol. The number of methoxy groups -OCH3 is 1. The second-order valence-corrected chi connectivity index (χ2v) is 7.37. The molecule has 0 radical (unpaired) electrons. The highest BCUT2D eigenvalue weighted by Crippen LogP contribution is 2.30. The summed E-state index contributed by atoms with van der Waals surface area (Å²) in [5.74, 6) is 0.565. The normalized spacial score (nSPS) is 11.3. The molecule has 0 aliphatic heterocycles. The zero-order valence-electron chi connectivity index (χ0n) is 10.6. The van der Waals surface area contributed by atoms with Crippen LogP contribution in [0.15, 0.2) is 39.0 Å². The molecule has 2 rings (SSSR count). The Balaban J connectivity index is 2.38. The number of nitrogens with two attached hydrogens (primary N) is 1. The van der Waals surface area contributed by atoms with Crippen LogP contribution in [-0.4, -0.2) is 15.5 Å². The van der Waals surface area contributed by atoms with Crippen LogP contribution in [0.25, 0.3) is 0 Å². The van der Waals surface area contributed by atoms with E-state index < -0.39 is 10.0 Å². The molecule has 0 spiro atoms. The Morgan fingerprint density at radius 2 is 2.15 bits per heavy atom. The third-order valence-corrected chi connectivity index (χ3v) is 5.81. The maximum atomic E-state index is 12.4. The predicted octanol–water partition coefficient (Wildman–Crippen LogP) is 2.78. The number of thiophene rings is 1. The van der Waals surface area contributed by atoms with Gasteiger partial charge in [-0.2, -0.15) is 0 Å². The Hall–Kier alpha value is -1.09.